The molecule has 20 heavy (non-hydrogen) atoms. The first-order valence-electron chi connectivity index (χ1n) is 6.26. The van der Waals surface area contributed by atoms with Crippen LogP contribution in [-0.4, -0.2) is 10.6 Å². The molecule has 0 spiro atoms. The Morgan fingerprint density at radius 1 is 1.30 bits per heavy atom. The number of hydrogen-bond acceptors (Lipinski definition) is 3. The lowest BCUT2D eigenvalue weighted by atomic mass is 10.2. The molecular weight excluding hydrogens is 258 g/mol. The molecule has 0 aliphatic carbocycles. The Labute approximate surface area is 116 Å². The molecule has 2 heterocycles. The minimum absolute atomic E-state index is 0.129. The fourth-order valence-corrected chi connectivity index (χ4v) is 1.79. The quantitative estimate of drug-likeness (QED) is 0.901. The summed E-state index contributed by atoms with van der Waals surface area (Å²) in [6.45, 7) is 3.68. The van der Waals surface area contributed by atoms with Crippen LogP contribution in [0.15, 0.2) is 39.7 Å². The van der Waals surface area contributed by atoms with Crippen molar-refractivity contribution in [1.29, 1.82) is 0 Å². The second kappa shape index (κ2) is 5.64. The number of rotatable bonds is 3. The maximum Gasteiger partial charge on any atom is 0.319 e. The molecule has 0 saturated carbocycles. The number of urea groups is 1. The molecule has 0 fully saturated rings. The zero-order valence-electron chi connectivity index (χ0n) is 11.6. The number of aromatic nitrogens is 1. The lowest BCUT2D eigenvalue weighted by molar-refractivity contribution is 0.247. The van der Waals surface area contributed by atoms with Crippen molar-refractivity contribution >= 4 is 11.7 Å². The summed E-state index contributed by atoms with van der Waals surface area (Å²) in [6.07, 6.45) is 1.56. The highest BCUT2D eigenvalue weighted by Crippen LogP contribution is 2.15. The summed E-state index contributed by atoms with van der Waals surface area (Å²) in [5.74, 6) is 1.49. The molecule has 0 radical (unpaired) electrons. The fraction of sp³-hybridized carbons (Fsp3) is 0.286. The number of aryl methyl sites for hydroxylation is 2. The van der Waals surface area contributed by atoms with Crippen molar-refractivity contribution in [2.45, 2.75) is 19.9 Å². The minimum Gasteiger partial charge on any atom is -0.464 e. The van der Waals surface area contributed by atoms with Crippen LogP contribution in [0, 0.1) is 6.92 Å². The number of furan rings is 1. The van der Waals surface area contributed by atoms with Crippen LogP contribution >= 0.6 is 0 Å². The normalized spacial score (nSPS) is 11.9. The number of carbonyl (C=O) groups is 1. The van der Waals surface area contributed by atoms with Crippen LogP contribution in [0.1, 0.15) is 24.5 Å². The SMILES string of the molecule is Cc1ccc([C@@H](C)NC(=O)Nc2ccc(=O)n(C)c2)o1. The van der Waals surface area contributed by atoms with Gasteiger partial charge in [0.15, 0.2) is 0 Å². The van der Waals surface area contributed by atoms with E-state index in [0.717, 1.165) is 5.76 Å². The smallest absolute Gasteiger partial charge is 0.319 e. The van der Waals surface area contributed by atoms with Crippen LogP contribution in [0.25, 0.3) is 0 Å². The third-order valence-electron chi connectivity index (χ3n) is 2.88. The second-order valence-electron chi connectivity index (χ2n) is 4.64. The Hall–Kier alpha value is -2.50. The molecule has 2 amide bonds. The van der Waals surface area contributed by atoms with Gasteiger partial charge in [-0.15, -0.1) is 0 Å². The van der Waals surface area contributed by atoms with Crippen LogP contribution in [-0.2, 0) is 7.05 Å². The zero-order valence-corrected chi connectivity index (χ0v) is 11.6. The van der Waals surface area contributed by atoms with Gasteiger partial charge in [-0.05, 0) is 32.0 Å². The summed E-state index contributed by atoms with van der Waals surface area (Å²) in [5.41, 5.74) is 0.419. The zero-order chi connectivity index (χ0) is 14.7. The van der Waals surface area contributed by atoms with Crippen molar-refractivity contribution < 1.29 is 9.21 Å². The number of hydrogen-bond donors (Lipinski definition) is 2. The van der Waals surface area contributed by atoms with E-state index in [9.17, 15) is 9.59 Å². The summed E-state index contributed by atoms with van der Waals surface area (Å²) in [5, 5.41) is 5.43. The highest BCUT2D eigenvalue weighted by atomic mass is 16.3. The van der Waals surface area contributed by atoms with Crippen molar-refractivity contribution in [1.82, 2.24) is 9.88 Å². The van der Waals surface area contributed by atoms with Crippen molar-refractivity contribution in [3.05, 3.63) is 52.3 Å². The predicted molar refractivity (Wildman–Crippen MR) is 75.7 cm³/mol. The fourth-order valence-electron chi connectivity index (χ4n) is 1.79. The molecule has 2 aromatic heterocycles. The molecule has 1 atom stereocenters. The topological polar surface area (TPSA) is 76.3 Å². The van der Waals surface area contributed by atoms with Gasteiger partial charge in [0.2, 0.25) is 5.56 Å². The van der Waals surface area contributed by atoms with Crippen LogP contribution in [0.3, 0.4) is 0 Å². The van der Waals surface area contributed by atoms with Gasteiger partial charge in [0.1, 0.15) is 11.5 Å². The Bertz CT molecular complexity index is 672. The number of carbonyl (C=O) groups excluding carboxylic acids is 1. The first kappa shape index (κ1) is 13.9. The Kier molecular flexibility index (Phi) is 3.93. The molecule has 0 bridgehead atoms. The molecule has 2 rings (SSSR count). The summed E-state index contributed by atoms with van der Waals surface area (Å²) in [6, 6.07) is 6.03. The van der Waals surface area contributed by atoms with E-state index >= 15 is 0 Å². The van der Waals surface area contributed by atoms with Gasteiger partial charge in [0.25, 0.3) is 0 Å². The van der Waals surface area contributed by atoms with E-state index in [4.69, 9.17) is 4.42 Å². The molecular formula is C14H17N3O3. The van der Waals surface area contributed by atoms with Crippen LogP contribution < -0.4 is 16.2 Å². The molecule has 106 valence electrons. The highest BCUT2D eigenvalue weighted by molar-refractivity contribution is 5.89. The van der Waals surface area contributed by atoms with E-state index in [2.05, 4.69) is 10.6 Å². The Morgan fingerprint density at radius 3 is 2.65 bits per heavy atom. The lowest BCUT2D eigenvalue weighted by Gasteiger charge is -2.13. The molecule has 0 saturated heterocycles. The molecule has 2 aromatic rings. The van der Waals surface area contributed by atoms with E-state index in [-0.39, 0.29) is 17.6 Å². The van der Waals surface area contributed by atoms with Gasteiger partial charge in [0.05, 0.1) is 11.7 Å². The monoisotopic (exact) mass is 275 g/mol. The van der Waals surface area contributed by atoms with E-state index in [1.165, 1.54) is 10.6 Å². The molecule has 6 heteroatoms. The van der Waals surface area contributed by atoms with E-state index in [1.54, 1.807) is 19.3 Å². The standard InChI is InChI=1S/C14H17N3O3/c1-9-4-6-12(20-9)10(2)15-14(19)16-11-5-7-13(18)17(3)8-11/h4-8,10H,1-3H3,(H2,15,16,19)/t10-/m1/s1. The minimum atomic E-state index is -0.356. The number of nitrogens with zero attached hydrogens (tertiary/aromatic N) is 1. The van der Waals surface area contributed by atoms with Gasteiger partial charge in [-0.3, -0.25) is 4.79 Å². The summed E-state index contributed by atoms with van der Waals surface area (Å²) in [4.78, 5) is 23.1. The predicted octanol–water partition coefficient (Wildman–Crippen LogP) is 2.17. The highest BCUT2D eigenvalue weighted by Gasteiger charge is 2.12. The van der Waals surface area contributed by atoms with E-state index in [0.29, 0.717) is 11.4 Å². The Morgan fingerprint density at radius 2 is 2.05 bits per heavy atom. The summed E-state index contributed by atoms with van der Waals surface area (Å²) < 4.78 is 6.84. The van der Waals surface area contributed by atoms with Gasteiger partial charge >= 0.3 is 6.03 Å². The van der Waals surface area contributed by atoms with Crippen LogP contribution in [0.4, 0.5) is 10.5 Å². The lowest BCUT2D eigenvalue weighted by Crippen LogP contribution is -2.31. The van der Waals surface area contributed by atoms with Gasteiger partial charge < -0.3 is 19.6 Å². The van der Waals surface area contributed by atoms with Gasteiger partial charge in [0, 0.05) is 19.3 Å². The number of nitrogens with one attached hydrogen (secondary N) is 2. The van der Waals surface area contributed by atoms with Gasteiger partial charge in [-0.1, -0.05) is 0 Å². The molecule has 6 nitrogen and oxygen atoms in total. The summed E-state index contributed by atoms with van der Waals surface area (Å²) in [7, 11) is 1.62. The maximum atomic E-state index is 11.8. The van der Waals surface area contributed by atoms with E-state index < -0.39 is 0 Å². The van der Waals surface area contributed by atoms with Crippen LogP contribution in [0.2, 0.25) is 0 Å². The largest absolute Gasteiger partial charge is 0.464 e. The molecule has 0 aromatic carbocycles. The van der Waals surface area contributed by atoms with Crippen LogP contribution in [0.5, 0.6) is 0 Å². The average Bonchev–Trinajstić information content (AvgIpc) is 2.80. The second-order valence-corrected chi connectivity index (χ2v) is 4.64. The van der Waals surface area contributed by atoms with Crippen molar-refractivity contribution in [2.24, 2.45) is 7.05 Å². The number of anilines is 1. The number of pyridine rings is 1. The summed E-state index contributed by atoms with van der Waals surface area (Å²) >= 11 is 0. The first-order valence-corrected chi connectivity index (χ1v) is 6.26. The Balaban J connectivity index is 1.98. The number of amides is 2. The molecule has 2 N–H and O–H groups in total. The van der Waals surface area contributed by atoms with E-state index in [1.807, 2.05) is 26.0 Å². The average molecular weight is 275 g/mol. The van der Waals surface area contributed by atoms with Crippen molar-refractivity contribution in [3.63, 3.8) is 0 Å². The van der Waals surface area contributed by atoms with Gasteiger partial charge in [-0.2, -0.15) is 0 Å². The van der Waals surface area contributed by atoms with Gasteiger partial charge in [-0.25, -0.2) is 4.79 Å². The van der Waals surface area contributed by atoms with Crippen molar-refractivity contribution in [3.8, 4) is 0 Å². The third kappa shape index (κ3) is 3.28. The third-order valence-corrected chi connectivity index (χ3v) is 2.88. The molecule has 0 aliphatic heterocycles. The maximum absolute atomic E-state index is 11.8. The molecule has 0 unspecified atom stereocenters. The molecule has 0 aliphatic rings. The first-order chi connectivity index (χ1) is 9.45. The van der Waals surface area contributed by atoms with Crippen molar-refractivity contribution in [2.75, 3.05) is 5.32 Å².